The topological polar surface area (TPSA) is 124 Å². The average molecular weight is 549 g/mol. The molecule has 1 aromatic heterocycles. The second-order valence-corrected chi connectivity index (χ2v) is 10.9. The Morgan fingerprint density at radius 3 is 2.76 bits per heavy atom. The summed E-state index contributed by atoms with van der Waals surface area (Å²) in [7, 11) is -3.67. The van der Waals surface area contributed by atoms with Crippen LogP contribution in [0.15, 0.2) is 57.8 Å². The predicted molar refractivity (Wildman–Crippen MR) is 148 cm³/mol. The highest BCUT2D eigenvalue weighted by atomic mass is 35.5. The molecule has 1 aromatic carbocycles. The quantitative estimate of drug-likeness (QED) is 0.244. The molecule has 0 bridgehead atoms. The monoisotopic (exact) mass is 548 g/mol. The number of carbonyl (C=O) groups is 1. The number of nitrogens with zero attached hydrogens (tertiary/aromatic N) is 2. The molecule has 1 unspecified atom stereocenters. The Morgan fingerprint density at radius 2 is 2.14 bits per heavy atom. The normalized spacial score (nSPS) is 17.7. The van der Waals surface area contributed by atoms with Crippen LogP contribution in [0, 0.1) is 0 Å². The van der Waals surface area contributed by atoms with Gasteiger partial charge in [-0.15, -0.1) is 0 Å². The minimum absolute atomic E-state index is 0.0117. The molecule has 11 heteroatoms. The van der Waals surface area contributed by atoms with E-state index in [9.17, 15) is 13.2 Å². The number of fused-ring (bicyclic) bond motifs is 1. The summed E-state index contributed by atoms with van der Waals surface area (Å²) in [5.74, 6) is 0.819. The van der Waals surface area contributed by atoms with Crippen molar-refractivity contribution in [2.75, 3.05) is 12.8 Å². The van der Waals surface area contributed by atoms with Crippen LogP contribution in [0.1, 0.15) is 50.4 Å². The molecule has 1 saturated heterocycles. The summed E-state index contributed by atoms with van der Waals surface area (Å²) >= 11 is 6.40. The van der Waals surface area contributed by atoms with Gasteiger partial charge in [0.2, 0.25) is 5.91 Å². The van der Waals surface area contributed by atoms with Crippen LogP contribution in [-0.4, -0.2) is 49.4 Å². The number of benzene rings is 1. The summed E-state index contributed by atoms with van der Waals surface area (Å²) in [4.78, 5) is 12.2. The molecule has 200 valence electrons. The van der Waals surface area contributed by atoms with Gasteiger partial charge in [0.05, 0.1) is 18.5 Å². The Labute approximate surface area is 222 Å². The van der Waals surface area contributed by atoms with Crippen molar-refractivity contribution >= 4 is 50.9 Å². The largest absolute Gasteiger partial charge is 0.456 e. The fraction of sp³-hybridized carbons (Fsp3) is 0.385. The van der Waals surface area contributed by atoms with Crippen molar-refractivity contribution in [1.29, 1.82) is 0 Å². The Kier molecular flexibility index (Phi) is 10.1. The zero-order valence-electron chi connectivity index (χ0n) is 21.0. The van der Waals surface area contributed by atoms with Crippen LogP contribution >= 0.6 is 11.6 Å². The molecule has 1 aliphatic carbocycles. The summed E-state index contributed by atoms with van der Waals surface area (Å²) in [6.07, 6.45) is 13.5. The Morgan fingerprint density at radius 1 is 1.38 bits per heavy atom. The van der Waals surface area contributed by atoms with Gasteiger partial charge in [0.25, 0.3) is 10.1 Å². The lowest BCUT2D eigenvalue weighted by molar-refractivity contribution is -0.120. The van der Waals surface area contributed by atoms with Crippen LogP contribution < -0.4 is 10.6 Å². The van der Waals surface area contributed by atoms with E-state index in [1.807, 2.05) is 25.1 Å². The molecule has 1 fully saturated rings. The molecular weight excluding hydrogens is 516 g/mol. The van der Waals surface area contributed by atoms with Crippen molar-refractivity contribution in [2.24, 2.45) is 5.10 Å². The van der Waals surface area contributed by atoms with E-state index in [-0.39, 0.29) is 11.9 Å². The summed E-state index contributed by atoms with van der Waals surface area (Å²) in [6, 6.07) is 6.08. The fourth-order valence-corrected chi connectivity index (χ4v) is 4.41. The van der Waals surface area contributed by atoms with Gasteiger partial charge in [0, 0.05) is 46.9 Å². The summed E-state index contributed by atoms with van der Waals surface area (Å²) in [5.41, 5.74) is 3.54. The fourth-order valence-electron chi connectivity index (χ4n) is 4.16. The number of allylic oxidation sites excluding steroid dienone is 5. The predicted octanol–water partition coefficient (Wildman–Crippen LogP) is 4.86. The van der Waals surface area contributed by atoms with Crippen molar-refractivity contribution in [2.45, 2.75) is 51.6 Å². The third-order valence-corrected chi connectivity index (χ3v) is 6.09. The molecule has 2 aromatic rings. The van der Waals surface area contributed by atoms with Gasteiger partial charge in [-0.05, 0) is 57.4 Å². The number of amides is 1. The standard InChI is InChI=1S/C25H29ClN4O2.CH4O3S/c1-17(15-29-24(31)14-22-9-6-10-28-22)30(27-2)16-20-12-21(26)11-19-13-23(32-25(19)20)18-7-4-3-5-8-18;1-5(2,3)4/h4,7-8,11-13,15,22,28H,2-3,5-6,9-10,14,16H2,1H3,(H,29,31);1H3,(H,2,3,4)/b17-15-;. The van der Waals surface area contributed by atoms with Crippen LogP contribution in [0.2, 0.25) is 5.02 Å². The molecule has 0 saturated carbocycles. The van der Waals surface area contributed by atoms with Gasteiger partial charge in [0.15, 0.2) is 0 Å². The van der Waals surface area contributed by atoms with Crippen molar-refractivity contribution in [3.63, 3.8) is 0 Å². The number of hydrogen-bond donors (Lipinski definition) is 3. The van der Waals surface area contributed by atoms with Gasteiger partial charge in [-0.2, -0.15) is 13.5 Å². The Hall–Kier alpha value is -2.92. The maximum Gasteiger partial charge on any atom is 0.261 e. The highest BCUT2D eigenvalue weighted by Crippen LogP contribution is 2.33. The van der Waals surface area contributed by atoms with Crippen molar-refractivity contribution < 1.29 is 22.2 Å². The number of hydrazone groups is 1. The van der Waals surface area contributed by atoms with E-state index in [0.717, 1.165) is 65.8 Å². The maximum absolute atomic E-state index is 12.2. The molecule has 0 radical (unpaired) electrons. The molecule has 1 atom stereocenters. The lowest BCUT2D eigenvalue weighted by Gasteiger charge is -2.20. The lowest BCUT2D eigenvalue weighted by atomic mass is 10.0. The van der Waals surface area contributed by atoms with Gasteiger partial charge in [-0.3, -0.25) is 14.4 Å². The van der Waals surface area contributed by atoms with Crippen LogP contribution in [0.5, 0.6) is 0 Å². The van der Waals surface area contributed by atoms with Gasteiger partial charge >= 0.3 is 0 Å². The maximum atomic E-state index is 12.2. The molecule has 0 spiro atoms. The average Bonchev–Trinajstić information content (AvgIpc) is 3.50. The van der Waals surface area contributed by atoms with E-state index in [4.69, 9.17) is 20.6 Å². The highest BCUT2D eigenvalue weighted by molar-refractivity contribution is 7.85. The van der Waals surface area contributed by atoms with E-state index in [1.165, 1.54) is 0 Å². The van der Waals surface area contributed by atoms with Crippen molar-refractivity contribution in [3.05, 3.63) is 64.7 Å². The Bertz CT molecular complexity index is 1320. The third kappa shape index (κ3) is 9.15. The highest BCUT2D eigenvalue weighted by Gasteiger charge is 2.18. The first kappa shape index (κ1) is 28.6. The van der Waals surface area contributed by atoms with E-state index in [2.05, 4.69) is 40.7 Å². The molecule has 9 nitrogen and oxygen atoms in total. The van der Waals surface area contributed by atoms with E-state index >= 15 is 0 Å². The third-order valence-electron chi connectivity index (χ3n) is 5.87. The second kappa shape index (κ2) is 13.0. The number of furan rings is 1. The van der Waals surface area contributed by atoms with E-state index in [1.54, 1.807) is 11.2 Å². The van der Waals surface area contributed by atoms with Crippen molar-refractivity contribution in [1.82, 2.24) is 15.6 Å². The van der Waals surface area contributed by atoms with Crippen LogP contribution in [-0.2, 0) is 21.5 Å². The molecule has 2 heterocycles. The number of hydrogen-bond acceptors (Lipinski definition) is 7. The molecule has 1 amide bonds. The van der Waals surface area contributed by atoms with Crippen LogP contribution in [0.3, 0.4) is 0 Å². The molecular formula is C26H33ClN4O5S. The number of rotatable bonds is 8. The molecule has 4 rings (SSSR count). The van der Waals surface area contributed by atoms with E-state index < -0.39 is 10.1 Å². The first-order valence-electron chi connectivity index (χ1n) is 12.0. The van der Waals surface area contributed by atoms with Gasteiger partial charge in [0.1, 0.15) is 11.3 Å². The Balaban J connectivity index is 0.000000695. The summed E-state index contributed by atoms with van der Waals surface area (Å²) < 4.78 is 32.1. The van der Waals surface area contributed by atoms with Gasteiger partial charge in [-0.25, -0.2) is 0 Å². The zero-order valence-corrected chi connectivity index (χ0v) is 22.6. The first-order chi connectivity index (χ1) is 17.5. The number of carbonyl (C=O) groups excluding carboxylic acids is 1. The minimum atomic E-state index is -3.67. The smallest absolute Gasteiger partial charge is 0.261 e. The van der Waals surface area contributed by atoms with Crippen LogP contribution in [0.4, 0.5) is 0 Å². The minimum Gasteiger partial charge on any atom is -0.456 e. The lowest BCUT2D eigenvalue weighted by Crippen LogP contribution is -2.30. The first-order valence-corrected chi connectivity index (χ1v) is 14.2. The van der Waals surface area contributed by atoms with Gasteiger partial charge in [-0.1, -0.05) is 29.8 Å². The molecule has 1 aliphatic heterocycles. The number of nitrogens with one attached hydrogen (secondary N) is 2. The molecule has 2 aliphatic rings. The summed E-state index contributed by atoms with van der Waals surface area (Å²) in [6.45, 7) is 6.99. The summed E-state index contributed by atoms with van der Waals surface area (Å²) in [5, 5.41) is 13.7. The van der Waals surface area contributed by atoms with E-state index in [0.29, 0.717) is 24.2 Å². The molecule has 37 heavy (non-hydrogen) atoms. The van der Waals surface area contributed by atoms with Crippen LogP contribution in [0.25, 0.3) is 16.5 Å². The number of halogens is 1. The van der Waals surface area contributed by atoms with Gasteiger partial charge < -0.3 is 15.1 Å². The zero-order chi connectivity index (χ0) is 27.0. The van der Waals surface area contributed by atoms with Crippen molar-refractivity contribution in [3.8, 4) is 0 Å². The molecule has 3 N–H and O–H groups in total. The second-order valence-electron chi connectivity index (χ2n) is 9.02. The SMILES string of the molecule is C=NN(Cc1cc(Cl)cc2cc(C3=CCCC=C3)oc12)/C(C)=C\NC(=O)CC1CCCN1.CS(=O)(=O)O.